The van der Waals surface area contributed by atoms with Crippen LogP contribution in [0.5, 0.6) is 0 Å². The zero-order chi connectivity index (χ0) is 21.0. The predicted molar refractivity (Wildman–Crippen MR) is 51.0 cm³/mol. The Kier molecular flexibility index (Phi) is 12.4. The molecule has 0 radical (unpaired) electrons. The van der Waals surface area contributed by atoms with Gasteiger partial charge < -0.3 is 4.55 Å². The molecule has 0 aliphatic heterocycles. The van der Waals surface area contributed by atoms with E-state index in [0.717, 1.165) is 0 Å². The second-order valence-electron chi connectivity index (χ2n) is 2.74. The minimum Gasteiger partial charge on any atom is -0.741 e. The minimum atomic E-state index is -6.09. The first-order valence-corrected chi connectivity index (χ1v) is 8.13. The Bertz CT molecular complexity index is 596. The molecular weight excluding hydrogens is 454 g/mol. The molecule has 0 saturated heterocycles. The molecule has 0 aliphatic carbocycles. The standard InChI is InChI=1S/3CHF3O3S.Li/c3*2-1(3,4)8(5,6)7;/h3*(H,5,6,7);/q;;;+1/p-1. The maximum atomic E-state index is 10.7. The van der Waals surface area contributed by atoms with Gasteiger partial charge in [-0.15, -0.1) is 0 Å². The summed E-state index contributed by atoms with van der Waals surface area (Å²) in [6, 6.07) is 0. The van der Waals surface area contributed by atoms with Crippen molar-refractivity contribution in [1.82, 2.24) is 0 Å². The van der Waals surface area contributed by atoms with E-state index in [2.05, 4.69) is 0 Å². The van der Waals surface area contributed by atoms with Crippen molar-refractivity contribution in [2.24, 2.45) is 0 Å². The largest absolute Gasteiger partial charge is 1.00 e. The van der Waals surface area contributed by atoms with E-state index >= 15 is 0 Å². The van der Waals surface area contributed by atoms with Gasteiger partial charge in [0.2, 0.25) is 0 Å². The monoisotopic (exact) mass is 456 g/mol. The Morgan fingerprint density at radius 3 is 0.640 bits per heavy atom. The summed E-state index contributed by atoms with van der Waals surface area (Å²) in [5.74, 6) is 0. The normalized spacial score (nSPS) is 13.4. The summed E-state index contributed by atoms with van der Waals surface area (Å²) in [5, 5.41) is 0. The van der Waals surface area contributed by atoms with Crippen LogP contribution >= 0.6 is 0 Å². The molecule has 0 aromatic rings. The molecule has 25 heavy (non-hydrogen) atoms. The number of hydrogen-bond acceptors (Lipinski definition) is 7. The molecular formula is C3H2F9LiO9S3. The molecule has 0 spiro atoms. The van der Waals surface area contributed by atoms with Crippen LogP contribution in [0.3, 0.4) is 0 Å². The molecule has 0 rings (SSSR count). The summed E-state index contributed by atoms with van der Waals surface area (Å²) in [4.78, 5) is 0. The molecule has 0 aliphatic rings. The third-order valence-corrected chi connectivity index (χ3v) is 2.61. The SMILES string of the molecule is O=S(=O)(O)C(F)(F)F.O=S(=O)(O)C(F)(F)F.O=S(=O)([O-])C(F)(F)F.[Li+]. The fourth-order valence-corrected chi connectivity index (χ4v) is 0. The Balaban J connectivity index is -0.000000130. The summed E-state index contributed by atoms with van der Waals surface area (Å²) in [5.41, 5.74) is -16.7. The van der Waals surface area contributed by atoms with Gasteiger partial charge in [-0.3, -0.25) is 9.11 Å². The van der Waals surface area contributed by atoms with E-state index in [9.17, 15) is 39.5 Å². The van der Waals surface area contributed by atoms with Gasteiger partial charge in [0.05, 0.1) is 0 Å². The van der Waals surface area contributed by atoms with Crippen molar-refractivity contribution in [3.05, 3.63) is 0 Å². The number of alkyl halides is 9. The van der Waals surface area contributed by atoms with Gasteiger partial charge in [-0.1, -0.05) is 0 Å². The van der Waals surface area contributed by atoms with Crippen LogP contribution in [0.4, 0.5) is 39.5 Å². The molecule has 0 heterocycles. The molecule has 0 amide bonds. The molecule has 0 aromatic heterocycles. The Morgan fingerprint density at radius 1 is 0.560 bits per heavy atom. The second-order valence-corrected chi connectivity index (χ2v) is 6.94. The van der Waals surface area contributed by atoms with E-state index in [-0.39, 0.29) is 18.9 Å². The van der Waals surface area contributed by atoms with Crippen molar-refractivity contribution in [3.8, 4) is 0 Å². The van der Waals surface area contributed by atoms with Gasteiger partial charge in [0.1, 0.15) is 0 Å². The maximum Gasteiger partial charge on any atom is 1.00 e. The average molecular weight is 456 g/mol. The first-order valence-electron chi connectivity index (χ1n) is 3.85. The summed E-state index contributed by atoms with van der Waals surface area (Å²) >= 11 is 0. The van der Waals surface area contributed by atoms with Crippen molar-refractivity contribution >= 4 is 30.4 Å². The van der Waals surface area contributed by atoms with E-state index in [4.69, 9.17) is 38.9 Å². The molecule has 22 heteroatoms. The van der Waals surface area contributed by atoms with E-state index < -0.39 is 46.9 Å². The van der Waals surface area contributed by atoms with E-state index in [1.807, 2.05) is 0 Å². The fraction of sp³-hybridized carbons (Fsp3) is 1.00. The molecule has 0 aromatic carbocycles. The Hall–Kier alpha value is -0.303. The Morgan fingerprint density at radius 2 is 0.640 bits per heavy atom. The zero-order valence-electron chi connectivity index (χ0n) is 10.9. The minimum absolute atomic E-state index is 0. The fourth-order valence-electron chi connectivity index (χ4n) is 0. The average Bonchev–Trinajstić information content (AvgIpc) is 2.08. The smallest absolute Gasteiger partial charge is 0.741 e. The van der Waals surface area contributed by atoms with Gasteiger partial charge in [-0.2, -0.15) is 56.3 Å². The van der Waals surface area contributed by atoms with Crippen molar-refractivity contribution in [3.63, 3.8) is 0 Å². The number of hydrogen-bond donors (Lipinski definition) is 2. The molecule has 2 N–H and O–H groups in total. The van der Waals surface area contributed by atoms with Gasteiger partial charge in [-0.05, 0) is 0 Å². The predicted octanol–water partition coefficient (Wildman–Crippen LogP) is -2.16. The van der Waals surface area contributed by atoms with E-state index in [0.29, 0.717) is 0 Å². The molecule has 0 fully saturated rings. The van der Waals surface area contributed by atoms with Crippen LogP contribution in [-0.2, 0) is 30.4 Å². The van der Waals surface area contributed by atoms with Gasteiger partial charge in [0.25, 0.3) is 0 Å². The van der Waals surface area contributed by atoms with Crippen LogP contribution in [-0.4, -0.2) is 55.4 Å². The van der Waals surface area contributed by atoms with Gasteiger partial charge in [0, 0.05) is 0 Å². The van der Waals surface area contributed by atoms with Crippen LogP contribution in [0.25, 0.3) is 0 Å². The van der Waals surface area contributed by atoms with Crippen molar-refractivity contribution in [2.45, 2.75) is 16.5 Å². The topological polar surface area (TPSA) is 166 Å². The third-order valence-electron chi connectivity index (χ3n) is 0.868. The molecule has 0 bridgehead atoms. The van der Waals surface area contributed by atoms with E-state index in [1.165, 1.54) is 0 Å². The van der Waals surface area contributed by atoms with Crippen molar-refractivity contribution < 1.29 is 97.3 Å². The summed E-state index contributed by atoms with van der Waals surface area (Å²) in [6.07, 6.45) is 0. The molecule has 9 nitrogen and oxygen atoms in total. The molecule has 150 valence electrons. The van der Waals surface area contributed by atoms with Crippen LogP contribution in [0.2, 0.25) is 0 Å². The van der Waals surface area contributed by atoms with Crippen LogP contribution in [0.15, 0.2) is 0 Å². The van der Waals surface area contributed by atoms with Crippen LogP contribution in [0, 0.1) is 0 Å². The van der Waals surface area contributed by atoms with E-state index in [1.54, 1.807) is 0 Å². The molecule has 0 atom stereocenters. The quantitative estimate of drug-likeness (QED) is 0.179. The summed E-state index contributed by atoms with van der Waals surface area (Å²) in [7, 11) is -17.8. The van der Waals surface area contributed by atoms with Gasteiger partial charge in [0.15, 0.2) is 10.1 Å². The first kappa shape index (κ1) is 32.4. The Labute approximate surface area is 144 Å². The maximum absolute atomic E-state index is 10.7. The molecule has 0 unspecified atom stereocenters. The van der Waals surface area contributed by atoms with Crippen molar-refractivity contribution in [1.29, 1.82) is 0 Å². The first-order chi connectivity index (χ1) is 9.75. The summed E-state index contributed by atoms with van der Waals surface area (Å²) < 4.78 is 174. The van der Waals surface area contributed by atoms with Gasteiger partial charge >= 0.3 is 55.6 Å². The van der Waals surface area contributed by atoms with Crippen LogP contribution in [0.1, 0.15) is 0 Å². The van der Waals surface area contributed by atoms with Gasteiger partial charge in [-0.25, -0.2) is 8.42 Å². The molecule has 0 saturated carbocycles. The number of halogens is 9. The van der Waals surface area contributed by atoms with Crippen molar-refractivity contribution in [2.75, 3.05) is 0 Å². The van der Waals surface area contributed by atoms with Crippen LogP contribution < -0.4 is 18.9 Å². The summed E-state index contributed by atoms with van der Waals surface area (Å²) in [6.45, 7) is 0. The third kappa shape index (κ3) is 15.7. The second kappa shape index (κ2) is 9.58. The number of rotatable bonds is 0. The zero-order valence-corrected chi connectivity index (χ0v) is 13.3.